The maximum absolute atomic E-state index is 8.87. The van der Waals surface area contributed by atoms with Crippen molar-refractivity contribution in [3.8, 4) is 6.07 Å². The van der Waals surface area contributed by atoms with Crippen LogP contribution in [0, 0.1) is 11.3 Å². The van der Waals surface area contributed by atoms with Crippen LogP contribution >= 0.6 is 0 Å². The lowest BCUT2D eigenvalue weighted by molar-refractivity contribution is 0.0139. The SMILES string of the molecule is CCN1CCN(C(C)(C)C)[C@@H](CC#N)C1. The summed E-state index contributed by atoms with van der Waals surface area (Å²) in [7, 11) is 0. The van der Waals surface area contributed by atoms with Gasteiger partial charge in [0.15, 0.2) is 0 Å². The second-order valence-corrected chi connectivity index (χ2v) is 5.27. The van der Waals surface area contributed by atoms with Gasteiger partial charge in [0.05, 0.1) is 12.5 Å². The number of nitriles is 1. The molecule has 1 aliphatic heterocycles. The van der Waals surface area contributed by atoms with Crippen molar-refractivity contribution >= 4 is 0 Å². The first kappa shape index (κ1) is 12.5. The molecule has 0 aromatic rings. The molecule has 0 aromatic carbocycles. The Bertz CT molecular complexity index is 236. The average molecular weight is 209 g/mol. The molecule has 0 bridgehead atoms. The average Bonchev–Trinajstić information content (AvgIpc) is 2.16. The Morgan fingerprint density at radius 3 is 2.47 bits per heavy atom. The van der Waals surface area contributed by atoms with Crippen molar-refractivity contribution in [3.63, 3.8) is 0 Å². The van der Waals surface area contributed by atoms with Crippen LogP contribution in [0.25, 0.3) is 0 Å². The van der Waals surface area contributed by atoms with Gasteiger partial charge in [-0.2, -0.15) is 5.26 Å². The molecule has 0 N–H and O–H groups in total. The highest BCUT2D eigenvalue weighted by atomic mass is 15.3. The minimum Gasteiger partial charge on any atom is -0.301 e. The van der Waals surface area contributed by atoms with E-state index in [-0.39, 0.29) is 5.54 Å². The molecular weight excluding hydrogens is 186 g/mol. The molecule has 0 saturated carbocycles. The van der Waals surface area contributed by atoms with Crippen LogP contribution in [0.1, 0.15) is 34.1 Å². The van der Waals surface area contributed by atoms with E-state index in [2.05, 4.69) is 43.6 Å². The lowest BCUT2D eigenvalue weighted by Gasteiger charge is -2.47. The Morgan fingerprint density at radius 1 is 1.33 bits per heavy atom. The Balaban J connectivity index is 2.68. The quantitative estimate of drug-likeness (QED) is 0.693. The normalized spacial score (nSPS) is 25.1. The van der Waals surface area contributed by atoms with Gasteiger partial charge in [0, 0.05) is 31.2 Å². The van der Waals surface area contributed by atoms with Gasteiger partial charge in [0.2, 0.25) is 0 Å². The highest BCUT2D eigenvalue weighted by Crippen LogP contribution is 2.22. The Kier molecular flexibility index (Phi) is 4.12. The molecule has 0 unspecified atom stereocenters. The van der Waals surface area contributed by atoms with E-state index in [1.165, 1.54) is 0 Å². The number of likely N-dealkylation sites (N-methyl/N-ethyl adjacent to an activating group) is 1. The predicted octanol–water partition coefficient (Wildman–Crippen LogP) is 1.70. The zero-order chi connectivity index (χ0) is 11.5. The van der Waals surface area contributed by atoms with Crippen molar-refractivity contribution in [2.45, 2.75) is 45.7 Å². The van der Waals surface area contributed by atoms with Crippen LogP contribution in [0.3, 0.4) is 0 Å². The van der Waals surface area contributed by atoms with Crippen LogP contribution < -0.4 is 0 Å². The first-order valence-corrected chi connectivity index (χ1v) is 5.85. The zero-order valence-corrected chi connectivity index (χ0v) is 10.5. The highest BCUT2D eigenvalue weighted by molar-refractivity contribution is 4.93. The molecule has 86 valence electrons. The minimum atomic E-state index is 0.182. The predicted molar refractivity (Wildman–Crippen MR) is 62.6 cm³/mol. The molecule has 3 heteroatoms. The Labute approximate surface area is 93.7 Å². The summed E-state index contributed by atoms with van der Waals surface area (Å²) in [6.07, 6.45) is 0.647. The monoisotopic (exact) mass is 209 g/mol. The fraction of sp³-hybridized carbons (Fsp3) is 0.917. The largest absolute Gasteiger partial charge is 0.301 e. The molecule has 0 spiro atoms. The van der Waals surface area contributed by atoms with Gasteiger partial charge < -0.3 is 4.90 Å². The van der Waals surface area contributed by atoms with Crippen molar-refractivity contribution in [1.82, 2.24) is 9.80 Å². The lowest BCUT2D eigenvalue weighted by Crippen LogP contribution is -2.59. The van der Waals surface area contributed by atoms with Gasteiger partial charge in [-0.15, -0.1) is 0 Å². The first-order valence-electron chi connectivity index (χ1n) is 5.85. The van der Waals surface area contributed by atoms with Gasteiger partial charge in [-0.25, -0.2) is 0 Å². The summed E-state index contributed by atoms with van der Waals surface area (Å²) in [6.45, 7) is 13.3. The number of nitrogens with zero attached hydrogens (tertiary/aromatic N) is 3. The second kappa shape index (κ2) is 4.96. The van der Waals surface area contributed by atoms with Gasteiger partial charge in [0.25, 0.3) is 0 Å². The van der Waals surface area contributed by atoms with Crippen LogP contribution in [0.15, 0.2) is 0 Å². The molecule has 0 amide bonds. The van der Waals surface area contributed by atoms with Crippen molar-refractivity contribution in [1.29, 1.82) is 5.26 Å². The third-order valence-electron chi connectivity index (χ3n) is 3.20. The maximum Gasteiger partial charge on any atom is 0.0638 e. The summed E-state index contributed by atoms with van der Waals surface area (Å²) in [5, 5.41) is 8.87. The molecular formula is C12H23N3. The van der Waals surface area contributed by atoms with Crippen LogP contribution in [-0.2, 0) is 0 Å². The molecule has 1 fully saturated rings. The summed E-state index contributed by atoms with van der Waals surface area (Å²) in [6, 6.07) is 2.72. The molecule has 1 heterocycles. The van der Waals surface area contributed by atoms with E-state index in [9.17, 15) is 0 Å². The molecule has 0 aromatic heterocycles. The fourth-order valence-corrected chi connectivity index (χ4v) is 2.37. The molecule has 15 heavy (non-hydrogen) atoms. The van der Waals surface area contributed by atoms with Crippen molar-refractivity contribution in [2.75, 3.05) is 26.2 Å². The first-order chi connectivity index (χ1) is 6.99. The standard InChI is InChI=1S/C12H23N3/c1-5-14-8-9-15(12(2,3)4)11(10-14)6-7-13/h11H,5-6,8-10H2,1-4H3/t11-/m0/s1. The zero-order valence-electron chi connectivity index (χ0n) is 10.5. The van der Waals surface area contributed by atoms with Gasteiger partial charge in [-0.3, -0.25) is 4.90 Å². The summed E-state index contributed by atoms with van der Waals surface area (Å²) < 4.78 is 0. The van der Waals surface area contributed by atoms with Gasteiger partial charge in [-0.1, -0.05) is 6.92 Å². The Hall–Kier alpha value is -0.590. The number of rotatable bonds is 2. The number of hydrogen-bond donors (Lipinski definition) is 0. The molecule has 1 aliphatic rings. The van der Waals surface area contributed by atoms with Gasteiger partial charge in [0.1, 0.15) is 0 Å². The van der Waals surface area contributed by atoms with Gasteiger partial charge in [-0.05, 0) is 27.3 Å². The second-order valence-electron chi connectivity index (χ2n) is 5.27. The van der Waals surface area contributed by atoms with Crippen LogP contribution in [0.4, 0.5) is 0 Å². The van der Waals surface area contributed by atoms with Crippen molar-refractivity contribution in [2.24, 2.45) is 0 Å². The number of hydrogen-bond acceptors (Lipinski definition) is 3. The van der Waals surface area contributed by atoms with Crippen LogP contribution in [-0.4, -0.2) is 47.6 Å². The van der Waals surface area contributed by atoms with E-state index >= 15 is 0 Å². The van der Waals surface area contributed by atoms with Crippen LogP contribution in [0.5, 0.6) is 0 Å². The van der Waals surface area contributed by atoms with E-state index in [4.69, 9.17) is 5.26 Å². The van der Waals surface area contributed by atoms with Crippen molar-refractivity contribution in [3.05, 3.63) is 0 Å². The van der Waals surface area contributed by atoms with E-state index < -0.39 is 0 Å². The topological polar surface area (TPSA) is 30.3 Å². The third-order valence-corrected chi connectivity index (χ3v) is 3.20. The minimum absolute atomic E-state index is 0.182. The summed E-state index contributed by atoms with van der Waals surface area (Å²) in [5.41, 5.74) is 0.182. The van der Waals surface area contributed by atoms with Gasteiger partial charge >= 0.3 is 0 Å². The highest BCUT2D eigenvalue weighted by Gasteiger charge is 2.32. The molecule has 1 saturated heterocycles. The third kappa shape index (κ3) is 3.19. The molecule has 0 radical (unpaired) electrons. The Morgan fingerprint density at radius 2 is 2.00 bits per heavy atom. The van der Waals surface area contributed by atoms with E-state index in [1.54, 1.807) is 0 Å². The van der Waals surface area contributed by atoms with Crippen molar-refractivity contribution < 1.29 is 0 Å². The summed E-state index contributed by atoms with van der Waals surface area (Å²) in [4.78, 5) is 4.91. The summed E-state index contributed by atoms with van der Waals surface area (Å²) >= 11 is 0. The van der Waals surface area contributed by atoms with Crippen LogP contribution in [0.2, 0.25) is 0 Å². The summed E-state index contributed by atoms with van der Waals surface area (Å²) in [5.74, 6) is 0. The lowest BCUT2D eigenvalue weighted by atomic mass is 9.98. The maximum atomic E-state index is 8.87. The molecule has 3 nitrogen and oxygen atoms in total. The van der Waals surface area contributed by atoms with E-state index in [1.807, 2.05) is 0 Å². The fourth-order valence-electron chi connectivity index (χ4n) is 2.37. The number of piperazine rings is 1. The molecule has 1 rings (SSSR count). The molecule has 1 atom stereocenters. The smallest absolute Gasteiger partial charge is 0.0638 e. The molecule has 0 aliphatic carbocycles. The van der Waals surface area contributed by atoms with E-state index in [0.29, 0.717) is 12.5 Å². The van der Waals surface area contributed by atoms with E-state index in [0.717, 1.165) is 26.2 Å².